The highest BCUT2D eigenvalue weighted by Crippen LogP contribution is 1.75. The Labute approximate surface area is 33.4 Å². The van der Waals surface area contributed by atoms with Gasteiger partial charge < -0.3 is 0 Å². The molecule has 0 heterocycles. The molecule has 0 aliphatic heterocycles. The van der Waals surface area contributed by atoms with Crippen molar-refractivity contribution in [2.24, 2.45) is 0 Å². The van der Waals surface area contributed by atoms with Gasteiger partial charge in [0.1, 0.15) is 0 Å². The smallest absolute Gasteiger partial charge is 0.00282 e. The summed E-state index contributed by atoms with van der Waals surface area (Å²) in [4.78, 5) is 0. The third-order valence-corrected chi connectivity index (χ3v) is 0. The van der Waals surface area contributed by atoms with Gasteiger partial charge in [-0.15, -0.1) is 0 Å². The number of rotatable bonds is 0. The van der Waals surface area contributed by atoms with Gasteiger partial charge in [0, 0.05) is 20.5 Å². The summed E-state index contributed by atoms with van der Waals surface area (Å²) >= 11 is 0. The van der Waals surface area contributed by atoms with Crippen molar-refractivity contribution < 1.29 is 0 Å². The Hall–Kier alpha value is 0.434. The van der Waals surface area contributed by atoms with E-state index in [-0.39, 0.29) is 0 Å². The van der Waals surface area contributed by atoms with E-state index < -0.39 is 0 Å². The van der Waals surface area contributed by atoms with Gasteiger partial charge in [-0.3, -0.25) is 0 Å². The zero-order chi connectivity index (χ0) is 3.58. The second-order valence-corrected chi connectivity index (χ2v) is 7.20. The highest BCUT2D eigenvalue weighted by atomic mass is 28.2. The quantitative estimate of drug-likeness (QED) is 0.306. The van der Waals surface area contributed by atoms with Gasteiger partial charge >= 0.3 is 0 Å². The lowest BCUT2D eigenvalue weighted by atomic mass is 11.0. The van der Waals surface area contributed by atoms with Crippen LogP contribution in [0.25, 0.3) is 0 Å². The second kappa shape index (κ2) is 1.72. The Morgan fingerprint density at radius 1 is 1.50 bits per heavy atom. The van der Waals surface area contributed by atoms with E-state index in [1.165, 1.54) is 20.5 Å². The standard InChI is InChI=1S/C2H8Si2/c1-2(3)4/h1-2H,3-4H3. The first kappa shape index (κ1) is 4.43. The van der Waals surface area contributed by atoms with Crippen molar-refractivity contribution in [2.75, 3.05) is 0 Å². The topological polar surface area (TPSA) is 0 Å². The molecular weight excluding hydrogens is 80.2 g/mol. The van der Waals surface area contributed by atoms with Crippen LogP contribution in [0.2, 0.25) is 5.16 Å². The Kier molecular flexibility index (Phi) is 1.91. The van der Waals surface area contributed by atoms with E-state index in [9.17, 15) is 0 Å². The van der Waals surface area contributed by atoms with E-state index >= 15 is 0 Å². The van der Waals surface area contributed by atoms with E-state index in [2.05, 4.69) is 0 Å². The molecule has 0 aliphatic carbocycles. The molecule has 2 radical (unpaired) electrons. The summed E-state index contributed by atoms with van der Waals surface area (Å²) in [6.07, 6.45) is 0. The molecule has 0 saturated heterocycles. The van der Waals surface area contributed by atoms with Gasteiger partial charge in [-0.05, 0) is 6.92 Å². The van der Waals surface area contributed by atoms with Crippen LogP contribution in [-0.2, 0) is 0 Å². The van der Waals surface area contributed by atoms with Gasteiger partial charge in [-0.2, -0.15) is 0 Å². The molecular formula is C2H8Si2. The maximum atomic E-state index is 5.23. The fourth-order valence-electron chi connectivity index (χ4n) is 0. The number of hydrogen-bond acceptors (Lipinski definition) is 0. The highest BCUT2D eigenvalue weighted by Gasteiger charge is 1.70. The van der Waals surface area contributed by atoms with Crippen molar-refractivity contribution in [1.82, 2.24) is 0 Å². The molecule has 0 atom stereocenters. The monoisotopic (exact) mass is 88.0 g/mol. The van der Waals surface area contributed by atoms with Gasteiger partial charge in [0.2, 0.25) is 0 Å². The molecule has 0 amide bonds. The normalized spacial score (nSPS) is 17.2. The molecule has 0 saturated carbocycles. The summed E-state index contributed by atoms with van der Waals surface area (Å²) in [5, 5.41) is 0.611. The third kappa shape index (κ3) is 26.6. The fourth-order valence-corrected chi connectivity index (χ4v) is 0. The van der Waals surface area contributed by atoms with E-state index in [0.717, 1.165) is 0 Å². The van der Waals surface area contributed by atoms with Crippen LogP contribution in [0.1, 0.15) is 0 Å². The summed E-state index contributed by atoms with van der Waals surface area (Å²) in [5.41, 5.74) is 0. The average molecular weight is 88.3 g/mol. The Balaban J connectivity index is 2.32. The Bertz CT molecular complexity index is 8.75. The second-order valence-electron chi connectivity index (χ2n) is 1.24. The molecule has 0 aromatic heterocycles. The van der Waals surface area contributed by atoms with Crippen LogP contribution < -0.4 is 0 Å². The minimum Gasteiger partial charge on any atom is -0.0630 e. The Morgan fingerprint density at radius 3 is 1.50 bits per heavy atom. The minimum absolute atomic E-state index is 0.611. The summed E-state index contributed by atoms with van der Waals surface area (Å²) in [6, 6.07) is 0. The molecule has 2 heteroatoms. The average Bonchev–Trinajstić information content (AvgIpc) is 0.811. The van der Waals surface area contributed by atoms with Crippen molar-refractivity contribution >= 4 is 20.5 Å². The summed E-state index contributed by atoms with van der Waals surface area (Å²) in [5.74, 6) is 0. The molecule has 0 aromatic rings. The lowest BCUT2D eigenvalue weighted by Gasteiger charge is -1.77. The van der Waals surface area contributed by atoms with Crippen LogP contribution in [0, 0.1) is 6.92 Å². The van der Waals surface area contributed by atoms with E-state index in [1.54, 1.807) is 0 Å². The SMILES string of the molecule is [CH]C([SiH3])[SiH3]. The predicted molar refractivity (Wildman–Crippen MR) is 27.9 cm³/mol. The molecule has 0 fully saturated rings. The van der Waals surface area contributed by atoms with Crippen LogP contribution in [0.4, 0.5) is 0 Å². The summed E-state index contributed by atoms with van der Waals surface area (Å²) in [7, 11) is 2.38. The summed E-state index contributed by atoms with van der Waals surface area (Å²) < 4.78 is 0. The van der Waals surface area contributed by atoms with Gasteiger partial charge in [0.25, 0.3) is 0 Å². The zero-order valence-corrected chi connectivity index (χ0v) is 7.15. The molecule has 0 aromatic carbocycles. The van der Waals surface area contributed by atoms with Crippen LogP contribution >= 0.6 is 0 Å². The zero-order valence-electron chi connectivity index (χ0n) is 3.15. The fraction of sp³-hybridized carbons (Fsp3) is 0.500. The molecule has 0 unspecified atom stereocenters. The molecule has 4 heavy (non-hydrogen) atoms. The van der Waals surface area contributed by atoms with Crippen molar-refractivity contribution in [3.63, 3.8) is 0 Å². The van der Waals surface area contributed by atoms with Crippen LogP contribution in [0.5, 0.6) is 0 Å². The first-order valence-electron chi connectivity index (χ1n) is 1.49. The first-order chi connectivity index (χ1) is 1.73. The minimum atomic E-state index is 0.611. The van der Waals surface area contributed by atoms with Crippen molar-refractivity contribution in [2.45, 2.75) is 5.16 Å². The summed E-state index contributed by atoms with van der Waals surface area (Å²) in [6.45, 7) is 5.23. The molecule has 0 bridgehead atoms. The Morgan fingerprint density at radius 2 is 1.50 bits per heavy atom. The largest absolute Gasteiger partial charge is 0.0630 e. The van der Waals surface area contributed by atoms with Crippen molar-refractivity contribution in [3.8, 4) is 0 Å². The van der Waals surface area contributed by atoms with Gasteiger partial charge in [0.05, 0.1) is 0 Å². The van der Waals surface area contributed by atoms with Gasteiger partial charge in [0.15, 0.2) is 0 Å². The van der Waals surface area contributed by atoms with Crippen molar-refractivity contribution in [1.29, 1.82) is 0 Å². The maximum absolute atomic E-state index is 5.23. The lowest BCUT2D eigenvalue weighted by Crippen LogP contribution is -1.77. The number of hydrogen-bond donors (Lipinski definition) is 0. The predicted octanol–water partition coefficient (Wildman–Crippen LogP) is -1.83. The molecule has 0 aliphatic rings. The van der Waals surface area contributed by atoms with Gasteiger partial charge in [-0.25, -0.2) is 0 Å². The van der Waals surface area contributed by atoms with E-state index in [1.807, 2.05) is 0 Å². The van der Waals surface area contributed by atoms with Crippen molar-refractivity contribution in [3.05, 3.63) is 6.92 Å². The molecule has 0 spiro atoms. The van der Waals surface area contributed by atoms with E-state index in [0.29, 0.717) is 5.16 Å². The molecule has 24 valence electrons. The lowest BCUT2D eigenvalue weighted by molar-refractivity contribution is 1.60. The molecule has 0 rings (SSSR count). The van der Waals surface area contributed by atoms with Crippen LogP contribution in [0.15, 0.2) is 0 Å². The third-order valence-electron chi connectivity index (χ3n) is 0. The first-order valence-corrected chi connectivity index (χ1v) is 3.80. The van der Waals surface area contributed by atoms with Crippen LogP contribution in [0.3, 0.4) is 0 Å². The maximum Gasteiger partial charge on any atom is 0.00282 e. The van der Waals surface area contributed by atoms with Crippen LogP contribution in [-0.4, -0.2) is 20.5 Å². The molecule has 0 N–H and O–H groups in total. The highest BCUT2D eigenvalue weighted by molar-refractivity contribution is 6.35. The van der Waals surface area contributed by atoms with E-state index in [4.69, 9.17) is 6.92 Å². The van der Waals surface area contributed by atoms with Gasteiger partial charge in [-0.1, -0.05) is 5.16 Å². The molecule has 0 nitrogen and oxygen atoms in total.